The third-order valence-electron chi connectivity index (χ3n) is 0.707. The molecule has 0 saturated heterocycles. The molecule has 0 saturated carbocycles. The maximum Gasteiger partial charge on any atom is 0.0685 e. The molecule has 0 aromatic heterocycles. The van der Waals surface area contributed by atoms with E-state index in [0.717, 1.165) is 0 Å². The summed E-state index contributed by atoms with van der Waals surface area (Å²) in [4.78, 5) is 0. The van der Waals surface area contributed by atoms with Crippen molar-refractivity contribution in [3.63, 3.8) is 0 Å². The molecule has 0 heterocycles. The van der Waals surface area contributed by atoms with Crippen molar-refractivity contribution >= 4 is 15.9 Å². The lowest BCUT2D eigenvalue weighted by Crippen LogP contribution is -2.11. The van der Waals surface area contributed by atoms with Gasteiger partial charge in [0.25, 0.3) is 0 Å². The monoisotopic (exact) mass is 134 g/mol. The van der Waals surface area contributed by atoms with Crippen molar-refractivity contribution < 1.29 is 0 Å². The van der Waals surface area contributed by atoms with Gasteiger partial charge in [-0.25, -0.2) is 0 Å². The second-order valence-corrected chi connectivity index (χ2v) is 13.9. The summed E-state index contributed by atoms with van der Waals surface area (Å²) in [6.45, 7) is 9.55. The van der Waals surface area contributed by atoms with Crippen LogP contribution in [0.5, 0.6) is 0 Å². The van der Waals surface area contributed by atoms with Gasteiger partial charge in [0.1, 0.15) is 0 Å². The van der Waals surface area contributed by atoms with Gasteiger partial charge < -0.3 is 0 Å². The standard InChI is InChI=1S/C5H15PSi/c1-5-6-7(2,3)4/h6H,5H2,1-4H3. The maximum absolute atomic E-state index is 2.43. The number of hydrogen-bond donors (Lipinski definition) is 0. The van der Waals surface area contributed by atoms with E-state index in [9.17, 15) is 0 Å². The molecule has 0 nitrogen and oxygen atoms in total. The number of rotatable bonds is 2. The Morgan fingerprint density at radius 3 is 1.71 bits per heavy atom. The predicted molar refractivity (Wildman–Crippen MR) is 42.2 cm³/mol. The van der Waals surface area contributed by atoms with Crippen molar-refractivity contribution in [3.8, 4) is 0 Å². The molecular formula is C5H15PSi. The molecule has 0 spiro atoms. The Morgan fingerprint density at radius 2 is 1.71 bits per heavy atom. The first-order valence-electron chi connectivity index (χ1n) is 2.81. The molecule has 0 aromatic rings. The van der Waals surface area contributed by atoms with Crippen molar-refractivity contribution in [2.75, 3.05) is 6.16 Å². The van der Waals surface area contributed by atoms with Crippen LogP contribution in [0.2, 0.25) is 19.6 Å². The first kappa shape index (κ1) is 7.65. The van der Waals surface area contributed by atoms with E-state index >= 15 is 0 Å². The number of hydrogen-bond acceptors (Lipinski definition) is 0. The SMILES string of the molecule is CCP[Si](C)(C)C. The summed E-state index contributed by atoms with van der Waals surface area (Å²) in [5.74, 6) is 0. The molecule has 0 fully saturated rings. The summed E-state index contributed by atoms with van der Waals surface area (Å²) >= 11 is 0. The second kappa shape index (κ2) is 2.83. The summed E-state index contributed by atoms with van der Waals surface area (Å²) in [6.07, 6.45) is 1.40. The molecule has 44 valence electrons. The van der Waals surface area contributed by atoms with E-state index in [2.05, 4.69) is 26.6 Å². The van der Waals surface area contributed by atoms with E-state index in [4.69, 9.17) is 0 Å². The minimum atomic E-state index is -0.629. The Kier molecular flexibility index (Phi) is 3.10. The molecule has 0 amide bonds. The van der Waals surface area contributed by atoms with E-state index in [1.165, 1.54) is 14.3 Å². The quantitative estimate of drug-likeness (QED) is 0.402. The van der Waals surface area contributed by atoms with Gasteiger partial charge in [0.15, 0.2) is 0 Å². The fourth-order valence-corrected chi connectivity index (χ4v) is 4.77. The normalized spacial score (nSPS) is 13.7. The molecule has 1 unspecified atom stereocenters. The molecule has 0 bridgehead atoms. The topological polar surface area (TPSA) is 0 Å². The van der Waals surface area contributed by atoms with Gasteiger partial charge >= 0.3 is 0 Å². The van der Waals surface area contributed by atoms with Crippen LogP contribution in [-0.4, -0.2) is 13.9 Å². The van der Waals surface area contributed by atoms with Crippen LogP contribution in [-0.2, 0) is 0 Å². The molecule has 0 aromatic carbocycles. The molecule has 0 aliphatic heterocycles. The van der Waals surface area contributed by atoms with Gasteiger partial charge in [0.05, 0.1) is 7.74 Å². The molecule has 0 radical (unpaired) electrons. The third kappa shape index (κ3) is 6.65. The first-order chi connectivity index (χ1) is 3.06. The zero-order valence-corrected chi connectivity index (χ0v) is 7.71. The average Bonchev–Trinajstić information content (AvgIpc) is 1.30. The van der Waals surface area contributed by atoms with E-state index in [1.807, 2.05) is 0 Å². The predicted octanol–water partition coefficient (Wildman–Crippen LogP) is 2.52. The highest BCUT2D eigenvalue weighted by molar-refractivity contribution is 7.81. The van der Waals surface area contributed by atoms with E-state index in [1.54, 1.807) is 0 Å². The Balaban J connectivity index is 3.15. The van der Waals surface area contributed by atoms with Crippen molar-refractivity contribution in [3.05, 3.63) is 0 Å². The Hall–Kier alpha value is 0.647. The van der Waals surface area contributed by atoms with E-state index in [0.29, 0.717) is 0 Å². The highest BCUT2D eigenvalue weighted by atomic mass is 31.3. The molecule has 2 heteroatoms. The average molecular weight is 134 g/mol. The summed E-state index contributed by atoms with van der Waals surface area (Å²) in [7, 11) is 0.634. The molecule has 0 aliphatic carbocycles. The molecule has 0 rings (SSSR count). The summed E-state index contributed by atoms with van der Waals surface area (Å²) < 4.78 is 0. The van der Waals surface area contributed by atoms with Crippen LogP contribution in [0.15, 0.2) is 0 Å². The van der Waals surface area contributed by atoms with Crippen LogP contribution in [0.4, 0.5) is 0 Å². The summed E-state index contributed by atoms with van der Waals surface area (Å²) in [5, 5.41) is 0. The maximum atomic E-state index is 2.43. The van der Waals surface area contributed by atoms with Gasteiger partial charge in [-0.15, -0.1) is 8.13 Å². The van der Waals surface area contributed by atoms with Gasteiger partial charge in [-0.2, -0.15) is 0 Å². The lowest BCUT2D eigenvalue weighted by Gasteiger charge is -2.12. The molecule has 0 N–H and O–H groups in total. The minimum Gasteiger partial charge on any atom is -0.134 e. The molecule has 0 aliphatic rings. The van der Waals surface area contributed by atoms with Crippen LogP contribution < -0.4 is 0 Å². The van der Waals surface area contributed by atoms with Gasteiger partial charge in [0, 0.05) is 0 Å². The fraction of sp³-hybridized carbons (Fsp3) is 1.00. The van der Waals surface area contributed by atoms with E-state index < -0.39 is 7.74 Å². The van der Waals surface area contributed by atoms with Crippen molar-refractivity contribution in [2.45, 2.75) is 26.6 Å². The highest BCUT2D eigenvalue weighted by Crippen LogP contribution is 2.25. The minimum absolute atomic E-state index is 0.629. The van der Waals surface area contributed by atoms with Gasteiger partial charge in [-0.1, -0.05) is 26.6 Å². The lowest BCUT2D eigenvalue weighted by molar-refractivity contribution is 1.52. The molecule has 1 atom stereocenters. The molecular weight excluding hydrogens is 119 g/mol. The Bertz CT molecular complexity index is 46.5. The third-order valence-corrected chi connectivity index (χ3v) is 6.36. The van der Waals surface area contributed by atoms with Crippen LogP contribution in [0, 0.1) is 0 Å². The van der Waals surface area contributed by atoms with Gasteiger partial charge in [0.2, 0.25) is 0 Å². The van der Waals surface area contributed by atoms with E-state index in [-0.39, 0.29) is 0 Å². The van der Waals surface area contributed by atoms with Gasteiger partial charge in [-0.05, 0) is 6.16 Å². The van der Waals surface area contributed by atoms with Crippen LogP contribution in [0.3, 0.4) is 0 Å². The van der Waals surface area contributed by atoms with Crippen LogP contribution >= 0.6 is 8.13 Å². The second-order valence-electron chi connectivity index (χ2n) is 2.78. The zero-order valence-electron chi connectivity index (χ0n) is 5.71. The van der Waals surface area contributed by atoms with Crippen LogP contribution in [0.1, 0.15) is 6.92 Å². The molecule has 7 heavy (non-hydrogen) atoms. The zero-order chi connectivity index (χ0) is 5.91. The fourth-order valence-electron chi connectivity index (χ4n) is 0.530. The smallest absolute Gasteiger partial charge is 0.0685 e. The highest BCUT2D eigenvalue weighted by Gasteiger charge is 2.09. The largest absolute Gasteiger partial charge is 0.134 e. The summed E-state index contributed by atoms with van der Waals surface area (Å²) in [6, 6.07) is 0. The van der Waals surface area contributed by atoms with Crippen LogP contribution in [0.25, 0.3) is 0 Å². The first-order valence-corrected chi connectivity index (χ1v) is 8.52. The van der Waals surface area contributed by atoms with Crippen molar-refractivity contribution in [1.82, 2.24) is 0 Å². The van der Waals surface area contributed by atoms with Crippen molar-refractivity contribution in [1.29, 1.82) is 0 Å². The lowest BCUT2D eigenvalue weighted by atomic mass is 11.0. The van der Waals surface area contributed by atoms with Gasteiger partial charge in [-0.3, -0.25) is 0 Å². The Morgan fingerprint density at radius 1 is 1.29 bits per heavy atom. The van der Waals surface area contributed by atoms with Crippen molar-refractivity contribution in [2.24, 2.45) is 0 Å². The Labute approximate surface area is 49.3 Å². The summed E-state index contributed by atoms with van der Waals surface area (Å²) in [5.41, 5.74) is 0.